The van der Waals surface area contributed by atoms with Crippen molar-refractivity contribution in [2.75, 3.05) is 18.0 Å². The van der Waals surface area contributed by atoms with Gasteiger partial charge < -0.3 is 4.90 Å². The molecule has 0 fully saturated rings. The minimum absolute atomic E-state index is 0.528. The number of rotatable bonds is 6. The monoisotopic (exact) mass is 253 g/mol. The van der Waals surface area contributed by atoms with Gasteiger partial charge in [-0.1, -0.05) is 37.9 Å². The van der Waals surface area contributed by atoms with Crippen LogP contribution in [0.15, 0.2) is 18.2 Å². The van der Waals surface area contributed by atoms with Gasteiger partial charge in [0.1, 0.15) is 0 Å². The molecular weight excluding hydrogens is 234 g/mol. The number of carbonyl (C=O) groups excluding carboxylic acids is 1. The van der Waals surface area contributed by atoms with E-state index in [9.17, 15) is 4.79 Å². The molecule has 0 aliphatic carbocycles. The summed E-state index contributed by atoms with van der Waals surface area (Å²) in [5.41, 5.74) is 1.54. The third kappa shape index (κ3) is 3.47. The van der Waals surface area contributed by atoms with Crippen LogP contribution < -0.4 is 4.90 Å². The lowest BCUT2D eigenvalue weighted by Crippen LogP contribution is -2.29. The second kappa shape index (κ2) is 6.65. The van der Waals surface area contributed by atoms with Gasteiger partial charge in [-0.3, -0.25) is 4.79 Å². The molecule has 1 aromatic rings. The van der Waals surface area contributed by atoms with Gasteiger partial charge in [0, 0.05) is 18.8 Å². The van der Waals surface area contributed by atoms with E-state index in [4.69, 9.17) is 11.6 Å². The molecule has 0 spiro atoms. The Morgan fingerprint density at radius 3 is 2.65 bits per heavy atom. The summed E-state index contributed by atoms with van der Waals surface area (Å²) in [6.07, 6.45) is 1.98. The first kappa shape index (κ1) is 14.0. The molecule has 1 rings (SSSR count). The summed E-state index contributed by atoms with van der Waals surface area (Å²) in [6.45, 7) is 8.32. The van der Waals surface area contributed by atoms with Gasteiger partial charge in [-0.05, 0) is 25.0 Å². The van der Waals surface area contributed by atoms with Crippen LogP contribution in [-0.4, -0.2) is 19.4 Å². The van der Waals surface area contributed by atoms with E-state index >= 15 is 0 Å². The molecule has 17 heavy (non-hydrogen) atoms. The normalized spacial score (nSPS) is 12.2. The molecule has 0 N–H and O–H groups in total. The van der Waals surface area contributed by atoms with Gasteiger partial charge in [0.05, 0.1) is 10.6 Å². The molecule has 1 unspecified atom stereocenters. The lowest BCUT2D eigenvalue weighted by atomic mass is 10.1. The van der Waals surface area contributed by atoms with E-state index in [1.54, 1.807) is 6.07 Å². The highest BCUT2D eigenvalue weighted by Crippen LogP contribution is 2.26. The van der Waals surface area contributed by atoms with Crippen LogP contribution in [0.3, 0.4) is 0 Å². The predicted octanol–water partition coefficient (Wildman–Crippen LogP) is 4.02. The van der Waals surface area contributed by atoms with Gasteiger partial charge in [-0.15, -0.1) is 0 Å². The fourth-order valence-corrected chi connectivity index (χ4v) is 2.04. The Labute approximate surface area is 109 Å². The Bertz CT molecular complexity index is 378. The Morgan fingerprint density at radius 1 is 1.41 bits per heavy atom. The van der Waals surface area contributed by atoms with Crippen LogP contribution in [0.25, 0.3) is 0 Å². The lowest BCUT2D eigenvalue weighted by molar-refractivity contribution is 0.112. The van der Waals surface area contributed by atoms with Gasteiger partial charge in [-0.2, -0.15) is 0 Å². The molecule has 0 radical (unpaired) electrons. The average molecular weight is 254 g/mol. The van der Waals surface area contributed by atoms with Gasteiger partial charge in [-0.25, -0.2) is 0 Å². The van der Waals surface area contributed by atoms with E-state index in [1.807, 2.05) is 12.1 Å². The topological polar surface area (TPSA) is 20.3 Å². The molecule has 0 amide bonds. The summed E-state index contributed by atoms with van der Waals surface area (Å²) in [6, 6.07) is 5.61. The standard InChI is InChI=1S/C14H20ClNO/c1-4-11(3)9-16(5-2)14-8-6-7-13(15)12(14)10-17/h6-8,10-11H,4-5,9H2,1-3H3. The van der Waals surface area contributed by atoms with E-state index in [2.05, 4.69) is 25.7 Å². The molecule has 0 aliphatic rings. The van der Waals surface area contributed by atoms with Gasteiger partial charge >= 0.3 is 0 Å². The van der Waals surface area contributed by atoms with Crippen LogP contribution in [0.4, 0.5) is 5.69 Å². The largest absolute Gasteiger partial charge is 0.371 e. The molecule has 0 saturated heterocycles. The average Bonchev–Trinajstić information content (AvgIpc) is 2.35. The third-order valence-electron chi connectivity index (χ3n) is 3.10. The summed E-state index contributed by atoms with van der Waals surface area (Å²) in [5.74, 6) is 0.605. The van der Waals surface area contributed by atoms with Crippen molar-refractivity contribution in [3.63, 3.8) is 0 Å². The Kier molecular flexibility index (Phi) is 5.49. The number of halogens is 1. The SMILES string of the molecule is CCC(C)CN(CC)c1cccc(Cl)c1C=O. The fraction of sp³-hybridized carbons (Fsp3) is 0.500. The van der Waals surface area contributed by atoms with Crippen LogP contribution in [0.5, 0.6) is 0 Å². The van der Waals surface area contributed by atoms with E-state index in [0.717, 1.165) is 31.5 Å². The predicted molar refractivity (Wildman–Crippen MR) is 74.2 cm³/mol. The maximum Gasteiger partial charge on any atom is 0.153 e. The van der Waals surface area contributed by atoms with Crippen molar-refractivity contribution in [3.8, 4) is 0 Å². The molecule has 2 nitrogen and oxygen atoms in total. The second-order valence-corrected chi connectivity index (χ2v) is 4.75. The van der Waals surface area contributed by atoms with E-state index in [1.165, 1.54) is 0 Å². The van der Waals surface area contributed by atoms with Crippen LogP contribution in [0.2, 0.25) is 5.02 Å². The van der Waals surface area contributed by atoms with E-state index in [-0.39, 0.29) is 0 Å². The number of nitrogens with zero attached hydrogens (tertiary/aromatic N) is 1. The van der Waals surface area contributed by atoms with Crippen molar-refractivity contribution in [1.82, 2.24) is 0 Å². The van der Waals surface area contributed by atoms with Crippen molar-refractivity contribution < 1.29 is 4.79 Å². The molecule has 0 heterocycles. The highest BCUT2D eigenvalue weighted by molar-refractivity contribution is 6.33. The Hall–Kier alpha value is -1.02. The summed E-state index contributed by atoms with van der Waals surface area (Å²) in [4.78, 5) is 13.3. The molecule has 0 saturated carbocycles. The minimum Gasteiger partial charge on any atom is -0.371 e. The zero-order valence-electron chi connectivity index (χ0n) is 10.7. The van der Waals surface area contributed by atoms with Crippen LogP contribution in [0.1, 0.15) is 37.6 Å². The first-order valence-electron chi connectivity index (χ1n) is 6.12. The van der Waals surface area contributed by atoms with E-state index in [0.29, 0.717) is 16.5 Å². The van der Waals surface area contributed by atoms with Crippen molar-refractivity contribution >= 4 is 23.6 Å². The van der Waals surface area contributed by atoms with Gasteiger partial charge in [0.15, 0.2) is 6.29 Å². The number of benzene rings is 1. The molecule has 94 valence electrons. The summed E-state index contributed by atoms with van der Waals surface area (Å²) < 4.78 is 0. The second-order valence-electron chi connectivity index (χ2n) is 4.34. The highest BCUT2D eigenvalue weighted by Gasteiger charge is 2.13. The smallest absolute Gasteiger partial charge is 0.153 e. The maximum atomic E-state index is 11.1. The molecule has 3 heteroatoms. The van der Waals surface area contributed by atoms with Crippen LogP contribution in [-0.2, 0) is 0 Å². The van der Waals surface area contributed by atoms with E-state index < -0.39 is 0 Å². The molecule has 0 bridgehead atoms. The van der Waals surface area contributed by atoms with Crippen molar-refractivity contribution in [2.45, 2.75) is 27.2 Å². The lowest BCUT2D eigenvalue weighted by Gasteiger charge is -2.27. The number of hydrogen-bond donors (Lipinski definition) is 0. The molecule has 1 atom stereocenters. The fourth-order valence-electron chi connectivity index (χ4n) is 1.82. The first-order valence-corrected chi connectivity index (χ1v) is 6.50. The van der Waals surface area contributed by atoms with Crippen molar-refractivity contribution in [1.29, 1.82) is 0 Å². The number of carbonyl (C=O) groups is 1. The molecule has 1 aromatic carbocycles. The van der Waals surface area contributed by atoms with Crippen molar-refractivity contribution in [3.05, 3.63) is 28.8 Å². The Balaban J connectivity index is 3.03. The summed E-state index contributed by atoms with van der Waals surface area (Å²) >= 11 is 6.04. The summed E-state index contributed by atoms with van der Waals surface area (Å²) in [7, 11) is 0. The van der Waals surface area contributed by atoms with Crippen molar-refractivity contribution in [2.24, 2.45) is 5.92 Å². The number of hydrogen-bond acceptors (Lipinski definition) is 2. The maximum absolute atomic E-state index is 11.1. The third-order valence-corrected chi connectivity index (χ3v) is 3.43. The zero-order chi connectivity index (χ0) is 12.8. The quantitative estimate of drug-likeness (QED) is 0.714. The molecule has 0 aromatic heterocycles. The number of anilines is 1. The van der Waals surface area contributed by atoms with Gasteiger partial charge in [0.25, 0.3) is 0 Å². The number of aldehydes is 1. The molecular formula is C14H20ClNO. The Morgan fingerprint density at radius 2 is 2.12 bits per heavy atom. The van der Waals surface area contributed by atoms with Gasteiger partial charge in [0.2, 0.25) is 0 Å². The first-order chi connectivity index (χ1) is 8.13. The zero-order valence-corrected chi connectivity index (χ0v) is 11.5. The van der Waals surface area contributed by atoms with Crippen LogP contribution >= 0.6 is 11.6 Å². The summed E-state index contributed by atoms with van der Waals surface area (Å²) in [5, 5.41) is 0.528. The molecule has 0 aliphatic heterocycles. The highest BCUT2D eigenvalue weighted by atomic mass is 35.5. The van der Waals surface area contributed by atoms with Crippen LogP contribution in [0, 0.1) is 5.92 Å². The minimum atomic E-state index is 0.528.